The monoisotopic (exact) mass is 271 g/mol. The summed E-state index contributed by atoms with van der Waals surface area (Å²) in [7, 11) is 0. The first-order valence-electron chi connectivity index (χ1n) is 6.23. The van der Waals surface area contributed by atoms with Crippen molar-refractivity contribution in [3.05, 3.63) is 54.1 Å². The Labute approximate surface area is 115 Å². The second-order valence-corrected chi connectivity index (χ2v) is 4.24. The summed E-state index contributed by atoms with van der Waals surface area (Å²) in [6.07, 6.45) is 4.11. The zero-order valence-electron chi connectivity index (χ0n) is 10.7. The molecule has 1 aromatic carbocycles. The minimum atomic E-state index is -0.306. The van der Waals surface area contributed by atoms with Crippen molar-refractivity contribution in [2.75, 3.05) is 18.5 Å². The van der Waals surface area contributed by atoms with E-state index in [0.717, 1.165) is 5.56 Å². The van der Waals surface area contributed by atoms with Crippen LogP contribution in [0.25, 0.3) is 0 Å². The average Bonchev–Trinajstić information content (AvgIpc) is 3.03. The first-order valence-corrected chi connectivity index (χ1v) is 6.23. The van der Waals surface area contributed by atoms with Gasteiger partial charge in [0.25, 0.3) is 5.91 Å². The van der Waals surface area contributed by atoms with Crippen LogP contribution in [0, 0.1) is 0 Å². The number of hydrogen-bond acceptors (Lipinski definition) is 5. The van der Waals surface area contributed by atoms with Gasteiger partial charge in [0.05, 0.1) is 19.4 Å². The highest BCUT2D eigenvalue weighted by Crippen LogP contribution is 2.24. The van der Waals surface area contributed by atoms with Crippen LogP contribution in [0.1, 0.15) is 22.3 Å². The lowest BCUT2D eigenvalue weighted by Crippen LogP contribution is -2.13. The van der Waals surface area contributed by atoms with E-state index >= 15 is 0 Å². The molecule has 20 heavy (non-hydrogen) atoms. The van der Waals surface area contributed by atoms with Crippen LogP contribution in [0.15, 0.2) is 42.9 Å². The van der Waals surface area contributed by atoms with Crippen molar-refractivity contribution < 1.29 is 14.3 Å². The number of aromatic nitrogens is 2. The van der Waals surface area contributed by atoms with E-state index in [0.29, 0.717) is 18.9 Å². The molecule has 2 heterocycles. The predicted molar refractivity (Wildman–Crippen MR) is 71.1 cm³/mol. The number of anilines is 1. The van der Waals surface area contributed by atoms with Crippen molar-refractivity contribution in [2.45, 2.75) is 6.29 Å². The molecule has 6 nitrogen and oxygen atoms in total. The second kappa shape index (κ2) is 5.77. The molecule has 0 aliphatic carbocycles. The highest BCUT2D eigenvalue weighted by molar-refractivity contribution is 6.02. The SMILES string of the molecule is O=C(Nc1ccc(C2OCCO2)cc1)c1cnccn1. The summed E-state index contributed by atoms with van der Waals surface area (Å²) in [5.74, 6) is -0.292. The van der Waals surface area contributed by atoms with Gasteiger partial charge in [-0.05, 0) is 12.1 Å². The van der Waals surface area contributed by atoms with Crippen molar-refractivity contribution in [1.29, 1.82) is 0 Å². The van der Waals surface area contributed by atoms with Crippen LogP contribution in [0.2, 0.25) is 0 Å². The molecule has 0 radical (unpaired) electrons. The summed E-state index contributed by atoms with van der Waals surface area (Å²) in [5, 5.41) is 2.75. The first kappa shape index (κ1) is 12.7. The quantitative estimate of drug-likeness (QED) is 0.921. The maximum atomic E-state index is 11.9. The van der Waals surface area contributed by atoms with Gasteiger partial charge in [0.2, 0.25) is 0 Å². The number of nitrogens with one attached hydrogen (secondary N) is 1. The smallest absolute Gasteiger partial charge is 0.275 e. The van der Waals surface area contributed by atoms with E-state index in [1.807, 2.05) is 12.1 Å². The minimum Gasteiger partial charge on any atom is -0.346 e. The minimum absolute atomic E-state index is 0.277. The largest absolute Gasteiger partial charge is 0.346 e. The fourth-order valence-corrected chi connectivity index (χ4v) is 1.89. The number of hydrogen-bond donors (Lipinski definition) is 1. The summed E-state index contributed by atoms with van der Waals surface area (Å²) in [6.45, 7) is 1.21. The zero-order chi connectivity index (χ0) is 13.8. The molecule has 1 amide bonds. The molecule has 1 fully saturated rings. The highest BCUT2D eigenvalue weighted by Gasteiger charge is 2.18. The van der Waals surface area contributed by atoms with E-state index in [2.05, 4.69) is 15.3 Å². The molecular formula is C14H13N3O3. The van der Waals surface area contributed by atoms with Crippen molar-refractivity contribution in [3.63, 3.8) is 0 Å². The molecule has 0 unspecified atom stereocenters. The fourth-order valence-electron chi connectivity index (χ4n) is 1.89. The van der Waals surface area contributed by atoms with Gasteiger partial charge in [-0.3, -0.25) is 9.78 Å². The normalized spacial score (nSPS) is 15.2. The maximum absolute atomic E-state index is 11.9. The van der Waals surface area contributed by atoms with E-state index < -0.39 is 0 Å². The van der Waals surface area contributed by atoms with E-state index in [1.165, 1.54) is 18.6 Å². The highest BCUT2D eigenvalue weighted by atomic mass is 16.7. The number of amides is 1. The molecule has 1 saturated heterocycles. The molecule has 1 aliphatic heterocycles. The van der Waals surface area contributed by atoms with Gasteiger partial charge in [0.1, 0.15) is 5.69 Å². The van der Waals surface area contributed by atoms with Crippen LogP contribution in [0.3, 0.4) is 0 Å². The lowest BCUT2D eigenvalue weighted by Gasteiger charge is -2.10. The second-order valence-electron chi connectivity index (χ2n) is 4.24. The van der Waals surface area contributed by atoms with Crippen LogP contribution in [0.5, 0.6) is 0 Å². The molecule has 0 saturated carbocycles. The van der Waals surface area contributed by atoms with Crippen molar-refractivity contribution >= 4 is 11.6 Å². The molecule has 6 heteroatoms. The number of ether oxygens (including phenoxy) is 2. The zero-order valence-corrected chi connectivity index (χ0v) is 10.7. The third-order valence-corrected chi connectivity index (χ3v) is 2.86. The number of benzene rings is 1. The fraction of sp³-hybridized carbons (Fsp3) is 0.214. The Hall–Kier alpha value is -2.31. The Bertz CT molecular complexity index is 580. The third kappa shape index (κ3) is 2.81. The van der Waals surface area contributed by atoms with E-state index in [9.17, 15) is 4.79 Å². The Morgan fingerprint density at radius 3 is 2.55 bits per heavy atom. The number of carbonyl (C=O) groups is 1. The van der Waals surface area contributed by atoms with Crippen LogP contribution >= 0.6 is 0 Å². The molecular weight excluding hydrogens is 258 g/mol. The number of nitrogens with zero attached hydrogens (tertiary/aromatic N) is 2. The van der Waals surface area contributed by atoms with Gasteiger partial charge in [-0.1, -0.05) is 12.1 Å². The van der Waals surface area contributed by atoms with Gasteiger partial charge in [-0.2, -0.15) is 0 Å². The van der Waals surface area contributed by atoms with Gasteiger partial charge in [0, 0.05) is 23.6 Å². The Morgan fingerprint density at radius 2 is 1.90 bits per heavy atom. The summed E-state index contributed by atoms with van der Waals surface area (Å²) in [6, 6.07) is 7.33. The van der Waals surface area contributed by atoms with Crippen LogP contribution < -0.4 is 5.32 Å². The van der Waals surface area contributed by atoms with Gasteiger partial charge in [0.15, 0.2) is 6.29 Å². The van der Waals surface area contributed by atoms with Crippen molar-refractivity contribution in [3.8, 4) is 0 Å². The molecule has 2 aromatic rings. The predicted octanol–water partition coefficient (Wildman–Crippen LogP) is 1.77. The Kier molecular flexibility index (Phi) is 3.67. The molecule has 1 aromatic heterocycles. The van der Waals surface area contributed by atoms with Crippen molar-refractivity contribution in [2.24, 2.45) is 0 Å². The lowest BCUT2D eigenvalue weighted by molar-refractivity contribution is -0.0441. The summed E-state index contributed by atoms with van der Waals surface area (Å²) < 4.78 is 10.8. The van der Waals surface area contributed by atoms with Crippen LogP contribution in [-0.2, 0) is 9.47 Å². The van der Waals surface area contributed by atoms with E-state index in [4.69, 9.17) is 9.47 Å². The molecule has 3 rings (SSSR count). The average molecular weight is 271 g/mol. The summed E-state index contributed by atoms with van der Waals surface area (Å²) in [5.41, 5.74) is 1.89. The van der Waals surface area contributed by atoms with E-state index in [-0.39, 0.29) is 17.9 Å². The third-order valence-electron chi connectivity index (χ3n) is 2.86. The number of rotatable bonds is 3. The van der Waals surface area contributed by atoms with Gasteiger partial charge >= 0.3 is 0 Å². The van der Waals surface area contributed by atoms with Gasteiger partial charge < -0.3 is 14.8 Å². The molecule has 102 valence electrons. The molecule has 1 aliphatic rings. The van der Waals surface area contributed by atoms with Crippen LogP contribution in [0.4, 0.5) is 5.69 Å². The van der Waals surface area contributed by atoms with Crippen molar-refractivity contribution in [1.82, 2.24) is 9.97 Å². The summed E-state index contributed by atoms with van der Waals surface area (Å²) in [4.78, 5) is 19.7. The first-order chi connectivity index (χ1) is 9.83. The molecule has 1 N–H and O–H groups in total. The van der Waals surface area contributed by atoms with Gasteiger partial charge in [-0.25, -0.2) is 4.98 Å². The Balaban J connectivity index is 1.67. The van der Waals surface area contributed by atoms with E-state index in [1.54, 1.807) is 12.1 Å². The van der Waals surface area contributed by atoms with Crippen LogP contribution in [-0.4, -0.2) is 29.1 Å². The molecule has 0 bridgehead atoms. The maximum Gasteiger partial charge on any atom is 0.275 e. The Morgan fingerprint density at radius 1 is 1.15 bits per heavy atom. The standard InChI is InChI=1S/C14H13N3O3/c18-13(12-9-15-5-6-16-12)17-11-3-1-10(2-4-11)14-19-7-8-20-14/h1-6,9,14H,7-8H2,(H,17,18). The molecule has 0 spiro atoms. The lowest BCUT2D eigenvalue weighted by atomic mass is 10.2. The van der Waals surface area contributed by atoms with Gasteiger partial charge in [-0.15, -0.1) is 0 Å². The number of carbonyl (C=O) groups excluding carboxylic acids is 1. The summed E-state index contributed by atoms with van der Waals surface area (Å²) >= 11 is 0. The topological polar surface area (TPSA) is 73.3 Å². The molecule has 0 atom stereocenters.